The summed E-state index contributed by atoms with van der Waals surface area (Å²) in [6.07, 6.45) is 2.22. The van der Waals surface area contributed by atoms with E-state index in [1.807, 2.05) is 36.4 Å². The van der Waals surface area contributed by atoms with Gasteiger partial charge in [0.25, 0.3) is 5.69 Å². The maximum absolute atomic E-state index is 13.4. The Hall–Kier alpha value is -3.97. The van der Waals surface area contributed by atoms with E-state index in [4.69, 9.17) is 4.74 Å². The molecule has 7 nitrogen and oxygen atoms in total. The number of aromatic nitrogens is 1. The van der Waals surface area contributed by atoms with Crippen LogP contribution in [0.1, 0.15) is 29.0 Å². The minimum absolute atomic E-state index is 0.0173. The first kappa shape index (κ1) is 22.8. The first-order valence-electron chi connectivity index (χ1n) is 11.8. The molecule has 1 aliphatic heterocycles. The van der Waals surface area contributed by atoms with E-state index in [0.29, 0.717) is 38.4 Å². The number of para-hydroxylation sites is 2. The first-order chi connectivity index (χ1) is 17.1. The van der Waals surface area contributed by atoms with Crippen LogP contribution in [-0.4, -0.2) is 46.6 Å². The van der Waals surface area contributed by atoms with Crippen molar-refractivity contribution < 1.29 is 14.5 Å². The highest BCUT2D eigenvalue weighted by Crippen LogP contribution is 2.39. The summed E-state index contributed by atoms with van der Waals surface area (Å²) in [6.45, 7) is 2.77. The highest BCUT2D eigenvalue weighted by atomic mass is 16.6. The molecule has 1 fully saturated rings. The van der Waals surface area contributed by atoms with Gasteiger partial charge in [-0.3, -0.25) is 14.9 Å². The monoisotopic (exact) mass is 469 g/mol. The van der Waals surface area contributed by atoms with Gasteiger partial charge in [-0.05, 0) is 17.2 Å². The first-order valence-corrected chi connectivity index (χ1v) is 11.8. The zero-order valence-corrected chi connectivity index (χ0v) is 19.4. The fourth-order valence-corrected chi connectivity index (χ4v) is 4.92. The van der Waals surface area contributed by atoms with E-state index in [9.17, 15) is 14.9 Å². The Morgan fingerprint density at radius 3 is 2.37 bits per heavy atom. The summed E-state index contributed by atoms with van der Waals surface area (Å²) >= 11 is 0. The zero-order valence-electron chi connectivity index (χ0n) is 19.4. The van der Waals surface area contributed by atoms with Crippen LogP contribution in [0.3, 0.4) is 0 Å². The van der Waals surface area contributed by atoms with Crippen molar-refractivity contribution in [3.63, 3.8) is 0 Å². The number of hydrogen-bond acceptors (Lipinski definition) is 4. The largest absolute Gasteiger partial charge is 0.378 e. The smallest absolute Gasteiger partial charge is 0.273 e. The van der Waals surface area contributed by atoms with Crippen LogP contribution in [0.5, 0.6) is 0 Å². The second-order valence-corrected chi connectivity index (χ2v) is 8.78. The summed E-state index contributed by atoms with van der Waals surface area (Å²) in [6, 6.07) is 25.0. The third kappa shape index (κ3) is 4.81. The molecule has 0 saturated carbocycles. The lowest BCUT2D eigenvalue weighted by Gasteiger charge is -2.28. The number of nitro groups is 1. The van der Waals surface area contributed by atoms with Crippen molar-refractivity contribution in [1.82, 2.24) is 9.47 Å². The topological polar surface area (TPSA) is 77.6 Å². The molecular formula is C28H27N3O4. The molecule has 1 amide bonds. The molecular weight excluding hydrogens is 442 g/mol. The van der Waals surface area contributed by atoms with Gasteiger partial charge in [-0.15, -0.1) is 0 Å². The van der Waals surface area contributed by atoms with Gasteiger partial charge in [-0.25, -0.2) is 0 Å². The van der Waals surface area contributed by atoms with Gasteiger partial charge in [0, 0.05) is 60.7 Å². The van der Waals surface area contributed by atoms with Crippen LogP contribution in [0.4, 0.5) is 5.69 Å². The molecule has 7 heteroatoms. The molecule has 1 atom stereocenters. The molecule has 0 radical (unpaired) electrons. The molecule has 2 heterocycles. The molecule has 0 spiro atoms. The van der Waals surface area contributed by atoms with Gasteiger partial charge in [-0.2, -0.15) is 0 Å². The second-order valence-electron chi connectivity index (χ2n) is 8.78. The van der Waals surface area contributed by atoms with E-state index >= 15 is 0 Å². The second kappa shape index (κ2) is 10.1. The number of ether oxygens (including phenoxy) is 1. The Kier molecular flexibility index (Phi) is 6.59. The third-order valence-electron chi connectivity index (χ3n) is 6.64. The lowest BCUT2D eigenvalue weighted by Crippen LogP contribution is -2.41. The minimum atomic E-state index is -0.450. The molecule has 0 aliphatic carbocycles. The van der Waals surface area contributed by atoms with Gasteiger partial charge in [0.05, 0.1) is 18.1 Å². The van der Waals surface area contributed by atoms with Crippen molar-refractivity contribution in [3.05, 3.63) is 112 Å². The highest BCUT2D eigenvalue weighted by molar-refractivity contribution is 5.87. The van der Waals surface area contributed by atoms with E-state index in [-0.39, 0.29) is 22.9 Å². The average Bonchev–Trinajstić information content (AvgIpc) is 3.26. The van der Waals surface area contributed by atoms with Gasteiger partial charge in [0.2, 0.25) is 5.91 Å². The maximum atomic E-state index is 13.4. The normalized spacial score (nSPS) is 14.7. The SMILES string of the molecule is O=C(C[C@@H](c1ccccc1[N+](=O)[O-])c1cn(Cc2ccccc2)c2ccccc12)N1CCOCC1. The van der Waals surface area contributed by atoms with Crippen LogP contribution in [0.2, 0.25) is 0 Å². The highest BCUT2D eigenvalue weighted by Gasteiger charge is 2.30. The molecule has 0 unspecified atom stereocenters. The lowest BCUT2D eigenvalue weighted by molar-refractivity contribution is -0.385. The molecule has 178 valence electrons. The quantitative estimate of drug-likeness (QED) is 0.283. The predicted molar refractivity (Wildman–Crippen MR) is 134 cm³/mol. The van der Waals surface area contributed by atoms with E-state index in [1.54, 1.807) is 23.1 Å². The number of nitro benzene ring substituents is 1. The average molecular weight is 470 g/mol. The molecule has 3 aromatic carbocycles. The van der Waals surface area contributed by atoms with Crippen molar-refractivity contribution in [3.8, 4) is 0 Å². The molecule has 1 aromatic heterocycles. The fraction of sp³-hybridized carbons (Fsp3) is 0.250. The van der Waals surface area contributed by atoms with E-state index in [1.165, 1.54) is 6.07 Å². The zero-order chi connectivity index (χ0) is 24.2. The van der Waals surface area contributed by atoms with Crippen LogP contribution in [-0.2, 0) is 16.1 Å². The summed E-state index contributed by atoms with van der Waals surface area (Å²) in [4.78, 5) is 26.8. The molecule has 5 rings (SSSR count). The van der Waals surface area contributed by atoms with Crippen LogP contribution >= 0.6 is 0 Å². The Bertz CT molecular complexity index is 1340. The van der Waals surface area contributed by atoms with Crippen molar-refractivity contribution in [1.29, 1.82) is 0 Å². The van der Waals surface area contributed by atoms with E-state index in [0.717, 1.165) is 22.0 Å². The Morgan fingerprint density at radius 1 is 0.914 bits per heavy atom. The number of nitrogens with zero attached hydrogens (tertiary/aromatic N) is 3. The minimum Gasteiger partial charge on any atom is -0.378 e. The number of benzene rings is 3. The van der Waals surface area contributed by atoms with Crippen molar-refractivity contribution in [2.24, 2.45) is 0 Å². The molecule has 1 saturated heterocycles. The Labute approximate surface area is 203 Å². The summed E-state index contributed by atoms with van der Waals surface area (Å²) in [7, 11) is 0. The standard InChI is InChI=1S/C28H27N3O4/c32-28(29-14-16-35-17-15-29)18-24(22-10-5-7-13-27(22)31(33)34)25-20-30(19-21-8-2-1-3-9-21)26-12-6-4-11-23(25)26/h1-13,20,24H,14-19H2/t24-/m0/s1. The number of carbonyl (C=O) groups excluding carboxylic acids is 1. The van der Waals surface area contributed by atoms with Gasteiger partial charge in [0.1, 0.15) is 0 Å². The van der Waals surface area contributed by atoms with Crippen LogP contribution in [0.15, 0.2) is 85.1 Å². The number of fused-ring (bicyclic) bond motifs is 1. The van der Waals surface area contributed by atoms with Crippen LogP contribution in [0.25, 0.3) is 10.9 Å². The van der Waals surface area contributed by atoms with E-state index in [2.05, 4.69) is 29.0 Å². The third-order valence-corrected chi connectivity index (χ3v) is 6.64. The van der Waals surface area contributed by atoms with Crippen molar-refractivity contribution in [2.45, 2.75) is 18.9 Å². The Morgan fingerprint density at radius 2 is 1.60 bits per heavy atom. The van der Waals surface area contributed by atoms with Gasteiger partial charge < -0.3 is 14.2 Å². The number of hydrogen-bond donors (Lipinski definition) is 0. The lowest BCUT2D eigenvalue weighted by atomic mass is 9.86. The predicted octanol–water partition coefficient (Wildman–Crippen LogP) is 4.98. The molecule has 35 heavy (non-hydrogen) atoms. The van der Waals surface area contributed by atoms with Gasteiger partial charge >= 0.3 is 0 Å². The fourth-order valence-electron chi connectivity index (χ4n) is 4.92. The molecule has 0 N–H and O–H groups in total. The number of carbonyl (C=O) groups is 1. The summed E-state index contributed by atoms with van der Waals surface area (Å²) < 4.78 is 7.57. The van der Waals surface area contributed by atoms with Crippen molar-refractivity contribution >= 4 is 22.5 Å². The summed E-state index contributed by atoms with van der Waals surface area (Å²) in [5.74, 6) is -0.467. The summed E-state index contributed by atoms with van der Waals surface area (Å²) in [5, 5.41) is 12.9. The van der Waals surface area contributed by atoms with Gasteiger partial charge in [0.15, 0.2) is 0 Å². The number of amides is 1. The van der Waals surface area contributed by atoms with Crippen LogP contribution in [0, 0.1) is 10.1 Å². The molecule has 0 bridgehead atoms. The maximum Gasteiger partial charge on any atom is 0.273 e. The number of rotatable bonds is 7. The van der Waals surface area contributed by atoms with Crippen LogP contribution < -0.4 is 0 Å². The molecule has 4 aromatic rings. The van der Waals surface area contributed by atoms with E-state index < -0.39 is 5.92 Å². The summed E-state index contributed by atoms with van der Waals surface area (Å²) in [5.41, 5.74) is 3.71. The molecule has 1 aliphatic rings. The number of morpholine rings is 1. The van der Waals surface area contributed by atoms with Gasteiger partial charge in [-0.1, -0.05) is 66.7 Å². The Balaban J connectivity index is 1.61. The van der Waals surface area contributed by atoms with Crippen molar-refractivity contribution in [2.75, 3.05) is 26.3 Å².